The van der Waals surface area contributed by atoms with Crippen LogP contribution in [-0.2, 0) is 4.74 Å². The molecule has 7 nitrogen and oxygen atoms in total. The lowest BCUT2D eigenvalue weighted by molar-refractivity contribution is -0.384. The average molecular weight is 446 g/mol. The second-order valence-corrected chi connectivity index (χ2v) is 7.83. The standard InChI is InChI=1S/C18H15Cl3N2O5/c1-2-28-17(15(24)11-5-9-14(10-6-11)23(26)27)22-13-7-3-12(4-8-13)16(25)18(19,20)21/h3-10,17,22H,2H2,1H3. The van der Waals surface area contributed by atoms with Gasteiger partial charge >= 0.3 is 0 Å². The van der Waals surface area contributed by atoms with Crippen molar-refractivity contribution in [3.8, 4) is 0 Å². The molecular formula is C18H15Cl3N2O5. The molecule has 0 spiro atoms. The Labute approximate surface area is 175 Å². The zero-order chi connectivity index (χ0) is 20.9. The van der Waals surface area contributed by atoms with E-state index in [-0.39, 0.29) is 23.4 Å². The van der Waals surface area contributed by atoms with E-state index >= 15 is 0 Å². The predicted molar refractivity (Wildman–Crippen MR) is 108 cm³/mol. The molecule has 0 aromatic heterocycles. The Morgan fingerprint density at radius 1 is 1.07 bits per heavy atom. The van der Waals surface area contributed by atoms with Gasteiger partial charge in [0.2, 0.25) is 11.6 Å². The Morgan fingerprint density at radius 2 is 1.61 bits per heavy atom. The van der Waals surface area contributed by atoms with Gasteiger partial charge in [-0.3, -0.25) is 19.7 Å². The van der Waals surface area contributed by atoms with Crippen molar-refractivity contribution in [3.63, 3.8) is 0 Å². The van der Waals surface area contributed by atoms with Gasteiger partial charge in [0.15, 0.2) is 6.23 Å². The maximum atomic E-state index is 12.7. The number of nitrogens with one attached hydrogen (secondary N) is 1. The third kappa shape index (κ3) is 5.65. The van der Waals surface area contributed by atoms with Crippen LogP contribution in [0, 0.1) is 10.1 Å². The molecule has 1 atom stereocenters. The van der Waals surface area contributed by atoms with E-state index in [0.717, 1.165) is 0 Å². The molecule has 2 aromatic rings. The van der Waals surface area contributed by atoms with E-state index in [2.05, 4.69) is 5.32 Å². The van der Waals surface area contributed by atoms with Crippen molar-refractivity contribution in [1.29, 1.82) is 0 Å². The molecule has 2 aromatic carbocycles. The molecule has 0 radical (unpaired) electrons. The van der Waals surface area contributed by atoms with Crippen molar-refractivity contribution in [2.45, 2.75) is 16.9 Å². The van der Waals surface area contributed by atoms with Gasteiger partial charge in [0.1, 0.15) is 0 Å². The topological polar surface area (TPSA) is 98.5 Å². The van der Waals surface area contributed by atoms with Crippen LogP contribution in [-0.4, -0.2) is 33.1 Å². The zero-order valence-corrected chi connectivity index (χ0v) is 16.8. The Bertz CT molecular complexity index is 864. The van der Waals surface area contributed by atoms with Crippen molar-refractivity contribution < 1.29 is 19.2 Å². The van der Waals surface area contributed by atoms with Crippen molar-refractivity contribution >= 4 is 57.7 Å². The SMILES string of the molecule is CCOC(Nc1ccc(C(=O)C(Cl)(Cl)Cl)cc1)C(=O)c1ccc([N+](=O)[O-])cc1. The molecule has 1 unspecified atom stereocenters. The number of rotatable bonds is 8. The van der Waals surface area contributed by atoms with Gasteiger partial charge in [0.05, 0.1) is 4.92 Å². The number of halogens is 3. The van der Waals surface area contributed by atoms with E-state index in [4.69, 9.17) is 39.5 Å². The lowest BCUT2D eigenvalue weighted by Crippen LogP contribution is -2.32. The molecule has 0 heterocycles. The normalized spacial score (nSPS) is 12.3. The van der Waals surface area contributed by atoms with Crippen molar-refractivity contribution in [2.75, 3.05) is 11.9 Å². The van der Waals surface area contributed by atoms with Gasteiger partial charge in [0.25, 0.3) is 9.48 Å². The molecule has 1 N–H and O–H groups in total. The smallest absolute Gasteiger partial charge is 0.269 e. The van der Waals surface area contributed by atoms with Gasteiger partial charge in [-0.1, -0.05) is 34.8 Å². The molecule has 0 amide bonds. The minimum absolute atomic E-state index is 0.119. The lowest BCUT2D eigenvalue weighted by atomic mass is 10.1. The summed E-state index contributed by atoms with van der Waals surface area (Å²) < 4.78 is 3.39. The zero-order valence-electron chi connectivity index (χ0n) is 14.5. The molecule has 2 rings (SSSR count). The van der Waals surface area contributed by atoms with Gasteiger partial charge in [-0.2, -0.15) is 0 Å². The second kappa shape index (κ2) is 9.34. The Kier molecular flexibility index (Phi) is 7.37. The van der Waals surface area contributed by atoms with Gasteiger partial charge in [-0.25, -0.2) is 0 Å². The maximum Gasteiger partial charge on any atom is 0.269 e. The Morgan fingerprint density at radius 3 is 2.07 bits per heavy atom. The number of alkyl halides is 3. The number of hydrogen-bond acceptors (Lipinski definition) is 6. The summed E-state index contributed by atoms with van der Waals surface area (Å²) in [5.41, 5.74) is 0.820. The second-order valence-electron chi connectivity index (χ2n) is 5.55. The first kappa shape index (κ1) is 22.1. The van der Waals surface area contributed by atoms with Crippen LogP contribution in [0.2, 0.25) is 0 Å². The van der Waals surface area contributed by atoms with Crippen LogP contribution < -0.4 is 5.32 Å². The minimum Gasteiger partial charge on any atom is -0.354 e. The number of nitrogens with zero attached hydrogens (tertiary/aromatic N) is 1. The minimum atomic E-state index is -2.06. The number of nitro groups is 1. The predicted octanol–water partition coefficient (Wildman–Crippen LogP) is 4.81. The van der Waals surface area contributed by atoms with Crippen molar-refractivity contribution in [3.05, 3.63) is 69.8 Å². The summed E-state index contributed by atoms with van der Waals surface area (Å²) in [7, 11) is 0. The van der Waals surface area contributed by atoms with Gasteiger partial charge in [-0.15, -0.1) is 0 Å². The first-order valence-corrected chi connectivity index (χ1v) is 9.15. The van der Waals surface area contributed by atoms with E-state index in [1.54, 1.807) is 19.1 Å². The molecule has 0 bridgehead atoms. The monoisotopic (exact) mass is 444 g/mol. The fourth-order valence-electron chi connectivity index (χ4n) is 2.28. The van der Waals surface area contributed by atoms with Crippen LogP contribution in [0.25, 0.3) is 0 Å². The number of benzene rings is 2. The van der Waals surface area contributed by atoms with Crippen molar-refractivity contribution in [1.82, 2.24) is 0 Å². The molecule has 0 saturated heterocycles. The van der Waals surface area contributed by atoms with Gasteiger partial charge < -0.3 is 10.1 Å². The van der Waals surface area contributed by atoms with Crippen LogP contribution in [0.5, 0.6) is 0 Å². The summed E-state index contributed by atoms with van der Waals surface area (Å²) in [6.45, 7) is 1.97. The fourth-order valence-corrected chi connectivity index (χ4v) is 2.61. The van der Waals surface area contributed by atoms with Crippen LogP contribution in [0.4, 0.5) is 11.4 Å². The number of ether oxygens (including phenoxy) is 1. The highest BCUT2D eigenvalue weighted by Gasteiger charge is 2.31. The number of non-ortho nitro benzene ring substituents is 1. The first-order chi connectivity index (χ1) is 13.1. The molecule has 0 aliphatic heterocycles. The van der Waals surface area contributed by atoms with Crippen LogP contribution in [0.15, 0.2) is 48.5 Å². The van der Waals surface area contributed by atoms with E-state index in [1.807, 2.05) is 0 Å². The molecule has 10 heteroatoms. The summed E-state index contributed by atoms with van der Waals surface area (Å²) in [5.74, 6) is -1.08. The Balaban J connectivity index is 2.16. The molecule has 28 heavy (non-hydrogen) atoms. The number of carbonyl (C=O) groups excluding carboxylic acids is 2. The highest BCUT2D eigenvalue weighted by Crippen LogP contribution is 2.30. The highest BCUT2D eigenvalue weighted by atomic mass is 35.6. The molecule has 0 saturated carbocycles. The van der Waals surface area contributed by atoms with Gasteiger partial charge in [0, 0.05) is 35.6 Å². The van der Waals surface area contributed by atoms with Crippen molar-refractivity contribution in [2.24, 2.45) is 0 Å². The number of nitro benzene ring substituents is 1. The number of anilines is 1. The van der Waals surface area contributed by atoms with Crippen LogP contribution in [0.3, 0.4) is 0 Å². The molecule has 0 aliphatic carbocycles. The molecule has 0 fully saturated rings. The van der Waals surface area contributed by atoms with E-state index in [9.17, 15) is 19.7 Å². The molecular weight excluding hydrogens is 431 g/mol. The third-order valence-electron chi connectivity index (χ3n) is 3.64. The molecule has 0 aliphatic rings. The molecule has 148 valence electrons. The highest BCUT2D eigenvalue weighted by molar-refractivity contribution is 6.77. The largest absolute Gasteiger partial charge is 0.354 e. The van der Waals surface area contributed by atoms with E-state index in [1.165, 1.54) is 36.4 Å². The summed E-state index contributed by atoms with van der Waals surface area (Å²) in [4.78, 5) is 34.8. The first-order valence-electron chi connectivity index (χ1n) is 8.02. The maximum absolute atomic E-state index is 12.7. The number of hydrogen-bond donors (Lipinski definition) is 1. The average Bonchev–Trinajstić information content (AvgIpc) is 2.66. The fraction of sp³-hybridized carbons (Fsp3) is 0.222. The van der Waals surface area contributed by atoms with Crippen LogP contribution >= 0.6 is 34.8 Å². The van der Waals surface area contributed by atoms with E-state index in [0.29, 0.717) is 5.69 Å². The lowest BCUT2D eigenvalue weighted by Gasteiger charge is -2.19. The summed E-state index contributed by atoms with van der Waals surface area (Å²) in [6.07, 6.45) is -1.03. The number of ketones is 2. The summed E-state index contributed by atoms with van der Waals surface area (Å²) in [6, 6.07) is 11.2. The summed E-state index contributed by atoms with van der Waals surface area (Å²) in [5, 5.41) is 13.6. The Hall–Kier alpha value is -2.19. The van der Waals surface area contributed by atoms with Gasteiger partial charge in [-0.05, 0) is 43.3 Å². The third-order valence-corrected chi connectivity index (χ3v) is 4.15. The number of carbonyl (C=O) groups is 2. The number of Topliss-reactive ketones (excluding diaryl/α,β-unsaturated/α-hetero) is 2. The van der Waals surface area contributed by atoms with Crippen LogP contribution in [0.1, 0.15) is 27.6 Å². The van der Waals surface area contributed by atoms with E-state index < -0.39 is 26.5 Å². The summed E-state index contributed by atoms with van der Waals surface area (Å²) >= 11 is 16.7. The quantitative estimate of drug-likeness (QED) is 0.206.